The first-order valence-electron chi connectivity index (χ1n) is 15.0. The molecule has 0 N–H and O–H groups in total. The Kier molecular flexibility index (Phi) is 12.9. The summed E-state index contributed by atoms with van der Waals surface area (Å²) in [7, 11) is 0. The lowest BCUT2D eigenvalue weighted by atomic mass is 9.77. The largest absolute Gasteiger partial charge is 0.0654 e. The Labute approximate surface area is 212 Å². The summed E-state index contributed by atoms with van der Waals surface area (Å²) >= 11 is 0. The molecule has 0 unspecified atom stereocenters. The molecule has 0 radical (unpaired) electrons. The van der Waals surface area contributed by atoms with Crippen molar-refractivity contribution in [3.63, 3.8) is 0 Å². The summed E-state index contributed by atoms with van der Waals surface area (Å²) in [5, 5.41) is 0. The molecule has 0 nitrogen and oxygen atoms in total. The molecule has 1 saturated carbocycles. The molecule has 3 rings (SSSR count). The second-order valence-corrected chi connectivity index (χ2v) is 11.1. The molecule has 2 aromatic rings. The topological polar surface area (TPSA) is 0 Å². The lowest BCUT2D eigenvalue weighted by Crippen LogP contribution is -2.13. The minimum Gasteiger partial charge on any atom is -0.0654 e. The smallest absolute Gasteiger partial charge is 0.0162 e. The molecule has 0 saturated heterocycles. The van der Waals surface area contributed by atoms with E-state index in [1.807, 2.05) is 0 Å². The van der Waals surface area contributed by atoms with E-state index in [2.05, 4.69) is 62.4 Å². The normalized spacial score (nSPS) is 18.3. The molecule has 2 aromatic carbocycles. The third-order valence-electron chi connectivity index (χ3n) is 8.30. The van der Waals surface area contributed by atoms with Gasteiger partial charge in [0.25, 0.3) is 0 Å². The summed E-state index contributed by atoms with van der Waals surface area (Å²) in [6, 6.07) is 18.9. The van der Waals surface area contributed by atoms with E-state index >= 15 is 0 Å². The predicted octanol–water partition coefficient (Wildman–Crippen LogP) is 11.3. The van der Waals surface area contributed by atoms with Gasteiger partial charge >= 0.3 is 0 Å². The van der Waals surface area contributed by atoms with Gasteiger partial charge in [0.15, 0.2) is 0 Å². The molecule has 0 amide bonds. The van der Waals surface area contributed by atoms with E-state index in [9.17, 15) is 0 Å². The maximum atomic E-state index is 2.41. The fourth-order valence-corrected chi connectivity index (χ4v) is 5.92. The molecular formula is C34H52. The SMILES string of the molecule is CCCCCCCCc1ccc(-c2ccc(C3CCC(CCCCCCCC)CC3)cc2)cc1. The van der Waals surface area contributed by atoms with Crippen molar-refractivity contribution in [2.75, 3.05) is 0 Å². The lowest BCUT2D eigenvalue weighted by molar-refractivity contribution is 0.302. The van der Waals surface area contributed by atoms with Gasteiger partial charge in [-0.05, 0) is 72.6 Å². The van der Waals surface area contributed by atoms with E-state index in [1.165, 1.54) is 132 Å². The minimum atomic E-state index is 0.787. The number of hydrogen-bond acceptors (Lipinski definition) is 0. The van der Waals surface area contributed by atoms with Gasteiger partial charge in [-0.25, -0.2) is 0 Å². The van der Waals surface area contributed by atoms with E-state index in [0.717, 1.165) is 11.8 Å². The highest BCUT2D eigenvalue weighted by Crippen LogP contribution is 2.38. The van der Waals surface area contributed by atoms with Crippen molar-refractivity contribution >= 4 is 0 Å². The van der Waals surface area contributed by atoms with Gasteiger partial charge in [0.1, 0.15) is 0 Å². The van der Waals surface area contributed by atoms with Gasteiger partial charge in [-0.3, -0.25) is 0 Å². The molecule has 1 aliphatic carbocycles. The second kappa shape index (κ2) is 16.2. The first-order chi connectivity index (χ1) is 16.8. The molecular weight excluding hydrogens is 408 g/mol. The van der Waals surface area contributed by atoms with Crippen LogP contribution in [0.25, 0.3) is 11.1 Å². The lowest BCUT2D eigenvalue weighted by Gasteiger charge is -2.29. The predicted molar refractivity (Wildman–Crippen MR) is 152 cm³/mol. The molecule has 0 spiro atoms. The van der Waals surface area contributed by atoms with Crippen LogP contribution < -0.4 is 0 Å². The first-order valence-corrected chi connectivity index (χ1v) is 15.0. The summed E-state index contributed by atoms with van der Waals surface area (Å²) in [5.74, 6) is 1.78. The number of hydrogen-bond donors (Lipinski definition) is 0. The average Bonchev–Trinajstić information content (AvgIpc) is 2.89. The Hall–Kier alpha value is -1.56. The molecule has 34 heavy (non-hydrogen) atoms. The van der Waals surface area contributed by atoms with E-state index < -0.39 is 0 Å². The van der Waals surface area contributed by atoms with Crippen LogP contribution >= 0.6 is 0 Å². The van der Waals surface area contributed by atoms with Crippen molar-refractivity contribution < 1.29 is 0 Å². The van der Waals surface area contributed by atoms with E-state index in [4.69, 9.17) is 0 Å². The van der Waals surface area contributed by atoms with Gasteiger partial charge in [-0.15, -0.1) is 0 Å². The molecule has 0 atom stereocenters. The standard InChI is InChI=1S/C34H52/c1-3-5-7-9-11-13-15-29-17-21-31(22-18-29)33-25-27-34(28-26-33)32-23-19-30(20-24-32)16-14-12-10-8-6-4-2/h17-18,21-22,25-28,30,32H,3-16,19-20,23-24H2,1-2H3. The highest BCUT2D eigenvalue weighted by molar-refractivity contribution is 5.64. The zero-order valence-electron chi connectivity index (χ0n) is 22.5. The Morgan fingerprint density at radius 2 is 1.03 bits per heavy atom. The summed E-state index contributed by atoms with van der Waals surface area (Å²) in [5.41, 5.74) is 5.79. The number of unbranched alkanes of at least 4 members (excludes halogenated alkanes) is 10. The fraction of sp³-hybridized carbons (Fsp3) is 0.647. The van der Waals surface area contributed by atoms with Crippen molar-refractivity contribution in [1.29, 1.82) is 0 Å². The third kappa shape index (κ3) is 9.59. The Morgan fingerprint density at radius 1 is 0.529 bits per heavy atom. The van der Waals surface area contributed by atoms with Crippen LogP contribution in [0.4, 0.5) is 0 Å². The maximum Gasteiger partial charge on any atom is -0.0162 e. The molecule has 0 aliphatic heterocycles. The molecule has 1 fully saturated rings. The summed E-state index contributed by atoms with van der Waals surface area (Å²) < 4.78 is 0. The molecule has 0 heterocycles. The molecule has 0 aromatic heterocycles. The van der Waals surface area contributed by atoms with Crippen molar-refractivity contribution in [2.45, 2.75) is 135 Å². The molecule has 0 heteroatoms. The fourth-order valence-electron chi connectivity index (χ4n) is 5.92. The van der Waals surface area contributed by atoms with Gasteiger partial charge < -0.3 is 0 Å². The van der Waals surface area contributed by atoms with E-state index in [1.54, 1.807) is 5.56 Å². The van der Waals surface area contributed by atoms with Crippen LogP contribution in [-0.4, -0.2) is 0 Å². The first kappa shape index (κ1) is 27.0. The van der Waals surface area contributed by atoms with Gasteiger partial charge in [-0.2, -0.15) is 0 Å². The van der Waals surface area contributed by atoms with Gasteiger partial charge in [0.2, 0.25) is 0 Å². The van der Waals surface area contributed by atoms with E-state index in [-0.39, 0.29) is 0 Å². The maximum absolute atomic E-state index is 2.41. The summed E-state index contributed by atoms with van der Waals surface area (Å²) in [6.07, 6.45) is 25.3. The molecule has 188 valence electrons. The minimum absolute atomic E-state index is 0.787. The monoisotopic (exact) mass is 460 g/mol. The highest BCUT2D eigenvalue weighted by atomic mass is 14.3. The van der Waals surface area contributed by atoms with Crippen molar-refractivity contribution in [2.24, 2.45) is 5.92 Å². The van der Waals surface area contributed by atoms with Crippen LogP contribution in [-0.2, 0) is 6.42 Å². The average molecular weight is 461 g/mol. The number of aryl methyl sites for hydroxylation is 1. The molecule has 1 aliphatic rings. The Morgan fingerprint density at radius 3 is 1.62 bits per heavy atom. The summed E-state index contributed by atoms with van der Waals surface area (Å²) in [4.78, 5) is 0. The summed E-state index contributed by atoms with van der Waals surface area (Å²) in [6.45, 7) is 4.60. The zero-order chi connectivity index (χ0) is 23.8. The van der Waals surface area contributed by atoms with Crippen LogP contribution in [0, 0.1) is 5.92 Å². The highest BCUT2D eigenvalue weighted by Gasteiger charge is 2.22. The second-order valence-electron chi connectivity index (χ2n) is 11.1. The van der Waals surface area contributed by atoms with Crippen molar-refractivity contribution in [3.8, 4) is 11.1 Å². The molecule has 0 bridgehead atoms. The van der Waals surface area contributed by atoms with E-state index in [0.29, 0.717) is 0 Å². The zero-order valence-corrected chi connectivity index (χ0v) is 22.5. The Bertz CT molecular complexity index is 746. The van der Waals surface area contributed by atoms with Crippen LogP contribution in [0.5, 0.6) is 0 Å². The van der Waals surface area contributed by atoms with Gasteiger partial charge in [0.05, 0.1) is 0 Å². The third-order valence-corrected chi connectivity index (χ3v) is 8.30. The number of rotatable bonds is 16. The number of benzene rings is 2. The van der Waals surface area contributed by atoms with Crippen molar-refractivity contribution in [3.05, 3.63) is 59.7 Å². The van der Waals surface area contributed by atoms with Crippen LogP contribution in [0.3, 0.4) is 0 Å². The van der Waals surface area contributed by atoms with Gasteiger partial charge in [0, 0.05) is 0 Å². The van der Waals surface area contributed by atoms with Crippen LogP contribution in [0.2, 0.25) is 0 Å². The van der Waals surface area contributed by atoms with Crippen LogP contribution in [0.1, 0.15) is 140 Å². The Balaban J connectivity index is 1.37. The van der Waals surface area contributed by atoms with Gasteiger partial charge in [-0.1, -0.05) is 139 Å². The van der Waals surface area contributed by atoms with Crippen LogP contribution in [0.15, 0.2) is 48.5 Å². The van der Waals surface area contributed by atoms with Crippen molar-refractivity contribution in [1.82, 2.24) is 0 Å². The quantitative estimate of drug-likeness (QED) is 0.218.